The molecule has 6 N–H and O–H groups in total. The Morgan fingerprint density at radius 1 is 0.435 bits per heavy atom. The Kier molecular flexibility index (Phi) is 12.6. The summed E-state index contributed by atoms with van der Waals surface area (Å²) in [4.78, 5) is 60.6. The second-order valence-electron chi connectivity index (χ2n) is 14.3. The van der Waals surface area contributed by atoms with E-state index in [1.54, 1.807) is 84.9 Å². The lowest BCUT2D eigenvalue weighted by molar-refractivity contribution is -0.114. The van der Waals surface area contributed by atoms with Gasteiger partial charge in [-0.15, -0.1) is 0 Å². The molecule has 0 atom stereocenters. The number of carboxylic acids is 2. The van der Waals surface area contributed by atoms with E-state index >= 15 is 0 Å². The van der Waals surface area contributed by atoms with Gasteiger partial charge in [-0.3, -0.25) is 14.4 Å². The zero-order valence-corrected chi connectivity index (χ0v) is 33.3. The summed E-state index contributed by atoms with van der Waals surface area (Å²) in [5.41, 5.74) is 5.50. The fraction of sp³-hybridized carbons (Fsp3) is 0.0392. The number of rotatable bonds is 10. The quantitative estimate of drug-likeness (QED) is 0.0788. The summed E-state index contributed by atoms with van der Waals surface area (Å²) < 4.78 is 0. The topological polar surface area (TPSA) is 182 Å². The normalized spacial score (nSPS) is 10.6. The smallest absolute Gasteiger partial charge is 0.337 e. The molecule has 0 aliphatic heterocycles. The number of hydrogen-bond donors (Lipinski definition) is 6. The summed E-state index contributed by atoms with van der Waals surface area (Å²) in [6.45, 7) is 1.32. The zero-order valence-electron chi connectivity index (χ0n) is 33.3. The minimum absolute atomic E-state index is 0.00367. The number of aromatic carboxylic acids is 2. The zero-order chi connectivity index (χ0) is 43.8. The first-order valence-corrected chi connectivity index (χ1v) is 19.4. The largest absolute Gasteiger partial charge is 0.478 e. The fourth-order valence-corrected chi connectivity index (χ4v) is 6.90. The van der Waals surface area contributed by atoms with Crippen LogP contribution < -0.4 is 16.0 Å². The first-order chi connectivity index (χ1) is 29.9. The van der Waals surface area contributed by atoms with Crippen molar-refractivity contribution < 1.29 is 39.3 Å². The Bertz CT molecular complexity index is 3030. The van der Waals surface area contributed by atoms with Gasteiger partial charge in [-0.1, -0.05) is 103 Å². The summed E-state index contributed by atoms with van der Waals surface area (Å²) >= 11 is 0. The molecule has 0 radical (unpaired) electrons. The highest BCUT2D eigenvalue weighted by atomic mass is 16.4. The molecule has 0 aliphatic rings. The van der Waals surface area contributed by atoms with Crippen LogP contribution in [0.25, 0.3) is 43.8 Å². The van der Waals surface area contributed by atoms with Crippen LogP contribution in [0.2, 0.25) is 0 Å². The molecular weight excluding hydrogens is 783 g/mol. The second kappa shape index (κ2) is 18.7. The molecule has 11 nitrogen and oxygen atoms in total. The highest BCUT2D eigenvalue weighted by Gasteiger charge is 2.18. The number of fused-ring (bicyclic) bond motifs is 2. The van der Waals surface area contributed by atoms with Crippen molar-refractivity contribution in [2.75, 3.05) is 16.0 Å². The van der Waals surface area contributed by atoms with Crippen molar-refractivity contribution in [1.29, 1.82) is 0 Å². The van der Waals surface area contributed by atoms with Gasteiger partial charge < -0.3 is 31.3 Å². The number of carbonyl (C=O) groups excluding carboxylic acids is 3. The van der Waals surface area contributed by atoms with E-state index in [1.165, 1.54) is 19.1 Å². The van der Waals surface area contributed by atoms with Crippen molar-refractivity contribution in [3.05, 3.63) is 198 Å². The number of benzene rings is 8. The number of aliphatic hydroxyl groups excluding tert-OH is 1. The van der Waals surface area contributed by atoms with E-state index in [-0.39, 0.29) is 40.9 Å². The van der Waals surface area contributed by atoms with Crippen LogP contribution in [-0.2, 0) is 11.4 Å². The summed E-state index contributed by atoms with van der Waals surface area (Å²) in [6.07, 6.45) is 0. The summed E-state index contributed by atoms with van der Waals surface area (Å²) in [5.74, 6) is -3.25. The average molecular weight is 822 g/mol. The van der Waals surface area contributed by atoms with Crippen molar-refractivity contribution in [1.82, 2.24) is 0 Å². The lowest BCUT2D eigenvalue weighted by atomic mass is 10.00. The van der Waals surface area contributed by atoms with E-state index in [0.717, 1.165) is 38.2 Å². The maximum Gasteiger partial charge on any atom is 0.337 e. The van der Waals surface area contributed by atoms with Crippen LogP contribution >= 0.6 is 0 Å². The minimum Gasteiger partial charge on any atom is -0.478 e. The number of nitrogens with one attached hydrogen (secondary N) is 3. The van der Waals surface area contributed by atoms with Gasteiger partial charge in [0.05, 0.1) is 29.1 Å². The molecule has 0 saturated carbocycles. The Hall–Kier alpha value is -8.41. The van der Waals surface area contributed by atoms with Gasteiger partial charge in [-0.05, 0) is 116 Å². The van der Waals surface area contributed by atoms with Gasteiger partial charge in [-0.2, -0.15) is 0 Å². The molecule has 0 aliphatic carbocycles. The number of hydrogen-bond acceptors (Lipinski definition) is 6. The van der Waals surface area contributed by atoms with Gasteiger partial charge in [0.2, 0.25) is 5.91 Å². The van der Waals surface area contributed by atoms with E-state index in [9.17, 15) is 39.3 Å². The third kappa shape index (κ3) is 9.88. The molecule has 0 saturated heterocycles. The molecule has 8 rings (SSSR count). The van der Waals surface area contributed by atoms with Gasteiger partial charge in [0.15, 0.2) is 0 Å². The van der Waals surface area contributed by atoms with Gasteiger partial charge in [0, 0.05) is 23.7 Å². The van der Waals surface area contributed by atoms with Gasteiger partial charge in [-0.25, -0.2) is 9.59 Å². The maximum absolute atomic E-state index is 12.8. The molecule has 306 valence electrons. The molecule has 0 fully saturated rings. The van der Waals surface area contributed by atoms with E-state index in [2.05, 4.69) is 16.0 Å². The van der Waals surface area contributed by atoms with Crippen molar-refractivity contribution in [3.8, 4) is 22.3 Å². The van der Waals surface area contributed by atoms with Crippen LogP contribution in [0, 0.1) is 0 Å². The Morgan fingerprint density at radius 2 is 0.887 bits per heavy atom. The number of aliphatic hydroxyl groups is 1. The molecule has 3 amide bonds. The SMILES string of the molecule is CC(=O)Nc1cccc(-c2ccc(NC(=O)c3ccc4ccccc4c3)c(C(=O)O)c2)c1.O=C(Nc1ccc(-c2cccc(CO)c2)cc1C(=O)O)c1ccc2ccccc2c1. The van der Waals surface area contributed by atoms with Crippen LogP contribution in [-0.4, -0.2) is 45.0 Å². The van der Waals surface area contributed by atoms with Crippen molar-refractivity contribution in [2.24, 2.45) is 0 Å². The number of carbonyl (C=O) groups is 5. The second-order valence-corrected chi connectivity index (χ2v) is 14.3. The Balaban J connectivity index is 0.000000187. The summed E-state index contributed by atoms with van der Waals surface area (Å²) in [7, 11) is 0. The lowest BCUT2D eigenvalue weighted by Gasteiger charge is -2.12. The Labute approximate surface area is 355 Å². The number of carboxylic acid groups (broad SMARTS) is 2. The fourth-order valence-electron chi connectivity index (χ4n) is 6.90. The third-order valence-corrected chi connectivity index (χ3v) is 9.98. The highest BCUT2D eigenvalue weighted by Crippen LogP contribution is 2.30. The van der Waals surface area contributed by atoms with Gasteiger partial charge >= 0.3 is 11.9 Å². The predicted molar refractivity (Wildman–Crippen MR) is 242 cm³/mol. The standard InChI is InChI=1S/C26H20N2O4.C25H19NO4/c1-16(29)27-22-8-4-7-19(14-22)20-11-12-24(23(15-20)26(31)32)28-25(30)21-10-9-17-5-2-3-6-18(17)13-21;27-15-16-4-3-7-18(12-16)20-10-11-23(22(14-20)25(29)30)26-24(28)21-9-8-17-5-1-2-6-19(17)13-21/h2-15H,1H3,(H,27,29)(H,28,30)(H,31,32);1-14,27H,15H2,(H,26,28)(H,29,30). The van der Waals surface area contributed by atoms with Crippen LogP contribution in [0.3, 0.4) is 0 Å². The molecule has 62 heavy (non-hydrogen) atoms. The molecule has 11 heteroatoms. The molecule has 0 heterocycles. The average Bonchev–Trinajstić information content (AvgIpc) is 3.28. The molecule has 0 aromatic heterocycles. The van der Waals surface area contributed by atoms with Crippen LogP contribution in [0.5, 0.6) is 0 Å². The first-order valence-electron chi connectivity index (χ1n) is 19.4. The van der Waals surface area contributed by atoms with Gasteiger partial charge in [0.1, 0.15) is 0 Å². The van der Waals surface area contributed by atoms with E-state index in [0.29, 0.717) is 27.9 Å². The molecule has 0 spiro atoms. The highest BCUT2D eigenvalue weighted by molar-refractivity contribution is 6.11. The van der Waals surface area contributed by atoms with Crippen molar-refractivity contribution in [3.63, 3.8) is 0 Å². The Morgan fingerprint density at radius 3 is 1.35 bits per heavy atom. The molecule has 8 aromatic carbocycles. The minimum atomic E-state index is -1.15. The van der Waals surface area contributed by atoms with Crippen LogP contribution in [0.4, 0.5) is 17.1 Å². The monoisotopic (exact) mass is 821 g/mol. The third-order valence-electron chi connectivity index (χ3n) is 9.98. The van der Waals surface area contributed by atoms with Gasteiger partial charge in [0.25, 0.3) is 11.8 Å². The van der Waals surface area contributed by atoms with Crippen LogP contribution in [0.1, 0.15) is 53.9 Å². The van der Waals surface area contributed by atoms with Crippen LogP contribution in [0.15, 0.2) is 170 Å². The summed E-state index contributed by atoms with van der Waals surface area (Å²) in [6, 6.07) is 50.1. The van der Waals surface area contributed by atoms with E-state index < -0.39 is 17.8 Å². The predicted octanol–water partition coefficient (Wildman–Crippen LogP) is 10.4. The number of anilines is 3. The molecule has 0 bridgehead atoms. The number of amides is 3. The first kappa shape index (κ1) is 41.7. The van der Waals surface area contributed by atoms with E-state index in [1.807, 2.05) is 72.8 Å². The molecular formula is C51H39N3O8. The lowest BCUT2D eigenvalue weighted by Crippen LogP contribution is -2.15. The maximum atomic E-state index is 12.8. The van der Waals surface area contributed by atoms with E-state index in [4.69, 9.17) is 0 Å². The summed E-state index contributed by atoms with van der Waals surface area (Å²) in [5, 5.41) is 40.8. The van der Waals surface area contributed by atoms with Crippen molar-refractivity contribution >= 4 is 68.3 Å². The molecule has 8 aromatic rings. The molecule has 0 unspecified atom stereocenters. The van der Waals surface area contributed by atoms with Crippen molar-refractivity contribution in [2.45, 2.75) is 13.5 Å².